The lowest BCUT2D eigenvalue weighted by atomic mass is 9.85. The molecule has 0 fully saturated rings. The van der Waals surface area contributed by atoms with Gasteiger partial charge < -0.3 is 10.5 Å². The van der Waals surface area contributed by atoms with E-state index in [-0.39, 0.29) is 12.1 Å². The van der Waals surface area contributed by atoms with E-state index in [2.05, 4.69) is 4.74 Å². The number of nitrogens with two attached hydrogens (primary N) is 1. The Morgan fingerprint density at radius 3 is 2.20 bits per heavy atom. The highest BCUT2D eigenvalue weighted by molar-refractivity contribution is 4.81. The fourth-order valence-electron chi connectivity index (χ4n) is 1.03. The third-order valence-electron chi connectivity index (χ3n) is 2.59. The summed E-state index contributed by atoms with van der Waals surface area (Å²) in [6.07, 6.45) is -3.01. The van der Waals surface area contributed by atoms with Crippen molar-refractivity contribution in [3.63, 3.8) is 0 Å². The van der Waals surface area contributed by atoms with Crippen LogP contribution >= 0.6 is 0 Å². The van der Waals surface area contributed by atoms with E-state index in [0.29, 0.717) is 18.8 Å². The van der Waals surface area contributed by atoms with Gasteiger partial charge in [0.05, 0.1) is 0 Å². The van der Waals surface area contributed by atoms with Gasteiger partial charge in [-0.25, -0.2) is 0 Å². The Hall–Kier alpha value is -0.290. The summed E-state index contributed by atoms with van der Waals surface area (Å²) >= 11 is 0. The molecule has 1 atom stereocenters. The highest BCUT2D eigenvalue weighted by atomic mass is 19.4. The van der Waals surface area contributed by atoms with Gasteiger partial charge in [-0.3, -0.25) is 0 Å². The van der Waals surface area contributed by atoms with Gasteiger partial charge in [0.1, 0.15) is 6.61 Å². The molecular formula is C10H20F3NO. The van der Waals surface area contributed by atoms with E-state index in [1.807, 2.05) is 20.8 Å². The monoisotopic (exact) mass is 227 g/mol. The molecule has 0 spiro atoms. The van der Waals surface area contributed by atoms with Gasteiger partial charge in [-0.05, 0) is 25.7 Å². The Bertz CT molecular complexity index is 178. The minimum Gasteiger partial charge on any atom is -0.372 e. The lowest BCUT2D eigenvalue weighted by Crippen LogP contribution is -2.41. The Morgan fingerprint density at radius 2 is 1.80 bits per heavy atom. The summed E-state index contributed by atoms with van der Waals surface area (Å²) in [5.74, 6) is 0.306. The molecule has 5 heteroatoms. The van der Waals surface area contributed by atoms with Crippen molar-refractivity contribution in [3.05, 3.63) is 0 Å². The maximum atomic E-state index is 11.7. The first-order valence-corrected chi connectivity index (χ1v) is 5.08. The molecule has 0 aromatic carbocycles. The van der Waals surface area contributed by atoms with Crippen LogP contribution in [0.25, 0.3) is 0 Å². The van der Waals surface area contributed by atoms with Gasteiger partial charge in [0.15, 0.2) is 0 Å². The van der Waals surface area contributed by atoms with Crippen LogP contribution in [0.2, 0.25) is 0 Å². The van der Waals surface area contributed by atoms with Gasteiger partial charge in [0.25, 0.3) is 0 Å². The SMILES string of the molecule is CC(C)C(C)(N)CCCOCC(F)(F)F. The zero-order chi connectivity index (χ0) is 12.1. The van der Waals surface area contributed by atoms with Crippen molar-refractivity contribution in [2.45, 2.75) is 45.3 Å². The molecule has 0 bridgehead atoms. The van der Waals surface area contributed by atoms with Gasteiger partial charge >= 0.3 is 6.18 Å². The van der Waals surface area contributed by atoms with E-state index in [0.717, 1.165) is 0 Å². The van der Waals surface area contributed by atoms with Gasteiger partial charge in [0, 0.05) is 12.1 Å². The van der Waals surface area contributed by atoms with Crippen LogP contribution in [0.5, 0.6) is 0 Å². The van der Waals surface area contributed by atoms with Gasteiger partial charge in [-0.1, -0.05) is 13.8 Å². The van der Waals surface area contributed by atoms with Crippen LogP contribution < -0.4 is 5.73 Å². The predicted molar refractivity (Wildman–Crippen MR) is 53.5 cm³/mol. The molecule has 15 heavy (non-hydrogen) atoms. The number of hydrogen-bond donors (Lipinski definition) is 1. The van der Waals surface area contributed by atoms with Crippen molar-refractivity contribution >= 4 is 0 Å². The zero-order valence-corrected chi connectivity index (χ0v) is 9.53. The minimum atomic E-state index is -4.23. The van der Waals surface area contributed by atoms with Crippen molar-refractivity contribution in [1.29, 1.82) is 0 Å². The molecule has 1 unspecified atom stereocenters. The molecule has 0 aromatic heterocycles. The summed E-state index contributed by atoms with van der Waals surface area (Å²) in [6.45, 7) is 4.84. The molecule has 0 saturated carbocycles. The Morgan fingerprint density at radius 1 is 1.27 bits per heavy atom. The Kier molecular flexibility index (Phi) is 5.59. The highest BCUT2D eigenvalue weighted by Crippen LogP contribution is 2.19. The van der Waals surface area contributed by atoms with Gasteiger partial charge in [-0.2, -0.15) is 13.2 Å². The standard InChI is InChI=1S/C10H20F3NO/c1-8(2)9(3,14)5-4-6-15-7-10(11,12)13/h8H,4-7,14H2,1-3H3. The third-order valence-corrected chi connectivity index (χ3v) is 2.59. The second kappa shape index (κ2) is 5.70. The maximum absolute atomic E-state index is 11.7. The van der Waals surface area contributed by atoms with Crippen LogP contribution in [0.15, 0.2) is 0 Å². The topological polar surface area (TPSA) is 35.2 Å². The highest BCUT2D eigenvalue weighted by Gasteiger charge is 2.27. The molecule has 0 aliphatic rings. The Labute approximate surface area is 89.0 Å². The van der Waals surface area contributed by atoms with E-state index < -0.39 is 12.8 Å². The lowest BCUT2D eigenvalue weighted by molar-refractivity contribution is -0.174. The fourth-order valence-corrected chi connectivity index (χ4v) is 1.03. The molecule has 0 radical (unpaired) electrons. The van der Waals surface area contributed by atoms with Crippen LogP contribution in [0, 0.1) is 5.92 Å². The van der Waals surface area contributed by atoms with Crippen LogP contribution in [-0.4, -0.2) is 24.9 Å². The predicted octanol–water partition coefficient (Wildman–Crippen LogP) is 2.72. The summed E-state index contributed by atoms with van der Waals surface area (Å²) in [5, 5.41) is 0. The summed E-state index contributed by atoms with van der Waals surface area (Å²) in [6, 6.07) is 0. The van der Waals surface area contributed by atoms with Crippen molar-refractivity contribution in [2.24, 2.45) is 11.7 Å². The smallest absolute Gasteiger partial charge is 0.372 e. The van der Waals surface area contributed by atoms with Gasteiger partial charge in [0.2, 0.25) is 0 Å². The van der Waals surface area contributed by atoms with Crippen LogP contribution in [0.1, 0.15) is 33.6 Å². The fraction of sp³-hybridized carbons (Fsp3) is 1.00. The van der Waals surface area contributed by atoms with Crippen molar-refractivity contribution in [2.75, 3.05) is 13.2 Å². The van der Waals surface area contributed by atoms with Crippen molar-refractivity contribution < 1.29 is 17.9 Å². The molecule has 0 aliphatic carbocycles. The first kappa shape index (κ1) is 14.7. The molecule has 0 aliphatic heterocycles. The van der Waals surface area contributed by atoms with Crippen LogP contribution in [0.4, 0.5) is 13.2 Å². The number of rotatable bonds is 6. The molecule has 2 nitrogen and oxygen atoms in total. The van der Waals surface area contributed by atoms with Crippen molar-refractivity contribution in [3.8, 4) is 0 Å². The van der Waals surface area contributed by atoms with Crippen LogP contribution in [0.3, 0.4) is 0 Å². The molecule has 92 valence electrons. The summed E-state index contributed by atoms with van der Waals surface area (Å²) in [4.78, 5) is 0. The largest absolute Gasteiger partial charge is 0.411 e. The lowest BCUT2D eigenvalue weighted by Gasteiger charge is -2.29. The molecule has 0 amide bonds. The quantitative estimate of drug-likeness (QED) is 0.708. The summed E-state index contributed by atoms with van der Waals surface area (Å²) < 4.78 is 39.6. The number of hydrogen-bond acceptors (Lipinski definition) is 2. The summed E-state index contributed by atoms with van der Waals surface area (Å²) in [7, 11) is 0. The molecule has 0 saturated heterocycles. The first-order valence-electron chi connectivity index (χ1n) is 5.08. The van der Waals surface area contributed by atoms with E-state index in [9.17, 15) is 13.2 Å². The van der Waals surface area contributed by atoms with E-state index >= 15 is 0 Å². The molecule has 0 rings (SSSR count). The zero-order valence-electron chi connectivity index (χ0n) is 9.53. The van der Waals surface area contributed by atoms with E-state index in [1.165, 1.54) is 0 Å². The average Bonchev–Trinajstić information content (AvgIpc) is 2.00. The number of ether oxygens (including phenoxy) is 1. The second-order valence-corrected chi connectivity index (χ2v) is 4.43. The summed E-state index contributed by atoms with van der Waals surface area (Å²) in [5.41, 5.74) is 5.62. The van der Waals surface area contributed by atoms with E-state index in [1.54, 1.807) is 0 Å². The Balaban J connectivity index is 3.55. The number of halogens is 3. The van der Waals surface area contributed by atoms with Gasteiger partial charge in [-0.15, -0.1) is 0 Å². The van der Waals surface area contributed by atoms with Crippen molar-refractivity contribution in [1.82, 2.24) is 0 Å². The molecule has 0 heterocycles. The molecule has 0 aromatic rings. The van der Waals surface area contributed by atoms with Crippen LogP contribution in [-0.2, 0) is 4.74 Å². The molecular weight excluding hydrogens is 207 g/mol. The normalized spacial score (nSPS) is 16.8. The average molecular weight is 227 g/mol. The first-order chi connectivity index (χ1) is 6.65. The number of alkyl halides is 3. The van der Waals surface area contributed by atoms with E-state index in [4.69, 9.17) is 5.73 Å². The minimum absolute atomic E-state index is 0.110. The molecule has 2 N–H and O–H groups in total. The second-order valence-electron chi connectivity index (χ2n) is 4.43. The third kappa shape index (κ3) is 7.62. The maximum Gasteiger partial charge on any atom is 0.411 e.